The molecule has 0 saturated heterocycles. The lowest BCUT2D eigenvalue weighted by molar-refractivity contribution is -0.143. The van der Waals surface area contributed by atoms with Crippen LogP contribution in [-0.2, 0) is 4.79 Å². The number of hydrogen-bond donors (Lipinski definition) is 1. The summed E-state index contributed by atoms with van der Waals surface area (Å²) in [6.07, 6.45) is -2.53. The highest BCUT2D eigenvalue weighted by Gasteiger charge is 2.22. The molecule has 0 amide bonds. The normalized spacial score (nSPS) is 12.5. The molecule has 5 heteroatoms. The summed E-state index contributed by atoms with van der Waals surface area (Å²) in [5.74, 6) is -3.79. The Kier molecular flexibility index (Phi) is 2.55. The summed E-state index contributed by atoms with van der Waals surface area (Å²) in [6.45, 7) is 0. The first-order valence-electron chi connectivity index (χ1n) is 3.34. The van der Waals surface area contributed by atoms with Gasteiger partial charge in [-0.2, -0.15) is 0 Å². The minimum atomic E-state index is -2.53. The Morgan fingerprint density at radius 2 is 2.00 bits per heavy atom. The molecule has 0 saturated carbocycles. The van der Waals surface area contributed by atoms with E-state index in [1.54, 1.807) is 0 Å². The Labute approximate surface area is 71.6 Å². The minimum Gasteiger partial charge on any atom is -0.479 e. The van der Waals surface area contributed by atoms with Crippen molar-refractivity contribution in [1.82, 2.24) is 0 Å². The highest BCUT2D eigenvalue weighted by molar-refractivity contribution is 5.74. The van der Waals surface area contributed by atoms with Gasteiger partial charge in [0.25, 0.3) is 0 Å². The molecular formula is C8H5F3O2. The summed E-state index contributed by atoms with van der Waals surface area (Å²) < 4.78 is 37.8. The number of alkyl halides is 1. The van der Waals surface area contributed by atoms with Crippen molar-refractivity contribution in [3.63, 3.8) is 0 Å². The molecule has 1 atom stereocenters. The maximum absolute atomic E-state index is 12.7. The van der Waals surface area contributed by atoms with Crippen LogP contribution in [0.5, 0.6) is 0 Å². The molecule has 0 radical (unpaired) electrons. The van der Waals surface area contributed by atoms with Crippen molar-refractivity contribution in [2.24, 2.45) is 0 Å². The molecule has 0 aromatic heterocycles. The third kappa shape index (κ3) is 1.99. The number of benzene rings is 1. The Bertz CT molecular complexity index is 338. The Morgan fingerprint density at radius 3 is 2.54 bits per heavy atom. The van der Waals surface area contributed by atoms with Gasteiger partial charge in [0.1, 0.15) is 11.6 Å². The van der Waals surface area contributed by atoms with Crippen LogP contribution in [0, 0.1) is 11.6 Å². The lowest BCUT2D eigenvalue weighted by Crippen LogP contribution is -2.08. The zero-order valence-electron chi connectivity index (χ0n) is 6.30. The van der Waals surface area contributed by atoms with Crippen LogP contribution in [0.15, 0.2) is 18.2 Å². The fourth-order valence-corrected chi connectivity index (χ4v) is 0.842. The second-order valence-corrected chi connectivity index (χ2v) is 2.37. The van der Waals surface area contributed by atoms with Gasteiger partial charge in [-0.15, -0.1) is 0 Å². The molecule has 2 nitrogen and oxygen atoms in total. The lowest BCUT2D eigenvalue weighted by Gasteiger charge is -2.04. The molecule has 0 aliphatic carbocycles. The molecule has 0 fully saturated rings. The SMILES string of the molecule is O=C(O)C(F)c1cc(F)ccc1F. The van der Waals surface area contributed by atoms with E-state index in [0.29, 0.717) is 12.1 Å². The number of rotatable bonds is 2. The van der Waals surface area contributed by atoms with E-state index in [1.165, 1.54) is 0 Å². The third-order valence-electron chi connectivity index (χ3n) is 1.45. The monoisotopic (exact) mass is 190 g/mol. The molecule has 1 unspecified atom stereocenters. The van der Waals surface area contributed by atoms with Gasteiger partial charge in [-0.3, -0.25) is 0 Å². The highest BCUT2D eigenvalue weighted by Crippen LogP contribution is 2.21. The van der Waals surface area contributed by atoms with Crippen molar-refractivity contribution in [2.75, 3.05) is 0 Å². The molecule has 0 aliphatic rings. The first-order valence-corrected chi connectivity index (χ1v) is 3.34. The van der Waals surface area contributed by atoms with Crippen LogP contribution in [-0.4, -0.2) is 11.1 Å². The fraction of sp³-hybridized carbons (Fsp3) is 0.125. The minimum absolute atomic E-state index is 0.522. The van der Waals surface area contributed by atoms with Gasteiger partial charge in [0.05, 0.1) is 0 Å². The summed E-state index contributed by atoms with van der Waals surface area (Å²) >= 11 is 0. The first kappa shape index (κ1) is 9.57. The van der Waals surface area contributed by atoms with E-state index in [9.17, 15) is 18.0 Å². The molecule has 1 N–H and O–H groups in total. The van der Waals surface area contributed by atoms with Gasteiger partial charge in [-0.25, -0.2) is 18.0 Å². The number of hydrogen-bond acceptors (Lipinski definition) is 1. The van der Waals surface area contributed by atoms with E-state index in [2.05, 4.69) is 0 Å². The largest absolute Gasteiger partial charge is 0.479 e. The van der Waals surface area contributed by atoms with Crippen molar-refractivity contribution in [2.45, 2.75) is 6.17 Å². The van der Waals surface area contributed by atoms with Gasteiger partial charge < -0.3 is 5.11 Å². The summed E-state index contributed by atoms with van der Waals surface area (Å²) in [5, 5.41) is 8.19. The molecular weight excluding hydrogens is 185 g/mol. The maximum Gasteiger partial charge on any atom is 0.343 e. The molecule has 0 bridgehead atoms. The second kappa shape index (κ2) is 3.47. The van der Waals surface area contributed by atoms with Crippen LogP contribution in [0.25, 0.3) is 0 Å². The van der Waals surface area contributed by atoms with Crippen LogP contribution in [0.2, 0.25) is 0 Å². The molecule has 70 valence electrons. The van der Waals surface area contributed by atoms with Gasteiger partial charge in [0, 0.05) is 5.56 Å². The first-order chi connectivity index (χ1) is 6.02. The van der Waals surface area contributed by atoms with E-state index < -0.39 is 29.3 Å². The highest BCUT2D eigenvalue weighted by atomic mass is 19.1. The van der Waals surface area contributed by atoms with Gasteiger partial charge in [0.2, 0.25) is 6.17 Å². The van der Waals surface area contributed by atoms with Gasteiger partial charge in [0.15, 0.2) is 0 Å². The van der Waals surface area contributed by atoms with E-state index in [4.69, 9.17) is 5.11 Å². The summed E-state index contributed by atoms with van der Waals surface area (Å²) in [5.41, 5.74) is -0.799. The van der Waals surface area contributed by atoms with Crippen molar-refractivity contribution < 1.29 is 23.1 Å². The molecule has 0 aliphatic heterocycles. The third-order valence-corrected chi connectivity index (χ3v) is 1.45. The Morgan fingerprint density at radius 1 is 1.38 bits per heavy atom. The molecule has 1 rings (SSSR count). The molecule has 1 aromatic rings. The van der Waals surface area contributed by atoms with Crippen molar-refractivity contribution in [1.29, 1.82) is 0 Å². The molecule has 1 aromatic carbocycles. The average Bonchev–Trinajstić information content (AvgIpc) is 2.08. The zero-order valence-corrected chi connectivity index (χ0v) is 6.30. The average molecular weight is 190 g/mol. The van der Waals surface area contributed by atoms with E-state index in [0.717, 1.165) is 6.07 Å². The number of carboxylic acids is 1. The lowest BCUT2D eigenvalue weighted by atomic mass is 10.1. The number of carbonyl (C=O) groups is 1. The molecule has 13 heavy (non-hydrogen) atoms. The number of aliphatic carboxylic acids is 1. The van der Waals surface area contributed by atoms with Crippen molar-refractivity contribution in [3.05, 3.63) is 35.4 Å². The molecule has 0 spiro atoms. The Hall–Kier alpha value is -1.52. The smallest absolute Gasteiger partial charge is 0.343 e. The van der Waals surface area contributed by atoms with Gasteiger partial charge in [-0.1, -0.05) is 0 Å². The summed E-state index contributed by atoms with van der Waals surface area (Å²) in [4.78, 5) is 10.1. The topological polar surface area (TPSA) is 37.3 Å². The van der Waals surface area contributed by atoms with Gasteiger partial charge >= 0.3 is 5.97 Å². The van der Waals surface area contributed by atoms with Crippen molar-refractivity contribution >= 4 is 5.97 Å². The van der Waals surface area contributed by atoms with Crippen LogP contribution >= 0.6 is 0 Å². The summed E-state index contributed by atoms with van der Waals surface area (Å²) in [7, 11) is 0. The second-order valence-electron chi connectivity index (χ2n) is 2.37. The molecule has 0 heterocycles. The quantitative estimate of drug-likeness (QED) is 0.774. The zero-order chi connectivity index (χ0) is 10.0. The number of halogens is 3. The van der Waals surface area contributed by atoms with Crippen LogP contribution in [0.3, 0.4) is 0 Å². The van der Waals surface area contributed by atoms with Crippen LogP contribution in [0.1, 0.15) is 11.7 Å². The van der Waals surface area contributed by atoms with E-state index in [1.807, 2.05) is 0 Å². The maximum atomic E-state index is 12.7. The Balaban J connectivity index is 3.12. The summed E-state index contributed by atoms with van der Waals surface area (Å²) in [6, 6.07) is 1.99. The fourth-order valence-electron chi connectivity index (χ4n) is 0.842. The van der Waals surface area contributed by atoms with E-state index in [-0.39, 0.29) is 0 Å². The predicted molar refractivity (Wildman–Crippen MR) is 37.8 cm³/mol. The van der Waals surface area contributed by atoms with E-state index >= 15 is 0 Å². The van der Waals surface area contributed by atoms with Crippen LogP contribution < -0.4 is 0 Å². The number of carboxylic acid groups (broad SMARTS) is 1. The van der Waals surface area contributed by atoms with Crippen molar-refractivity contribution in [3.8, 4) is 0 Å². The van der Waals surface area contributed by atoms with Gasteiger partial charge in [-0.05, 0) is 18.2 Å². The van der Waals surface area contributed by atoms with Crippen LogP contribution in [0.4, 0.5) is 13.2 Å². The standard InChI is InChI=1S/C8H5F3O2/c9-4-1-2-6(10)5(3-4)7(11)8(12)13/h1-3,7H,(H,12,13). The predicted octanol–water partition coefficient (Wildman–Crippen LogP) is 2.06.